The minimum Gasteiger partial charge on any atom is -0.480 e. The molecular formula is C13H26N2O4. The van der Waals surface area contributed by atoms with Gasteiger partial charge in [0, 0.05) is 19.7 Å². The summed E-state index contributed by atoms with van der Waals surface area (Å²) in [4.78, 5) is 24.5. The van der Waals surface area contributed by atoms with Gasteiger partial charge in [-0.1, -0.05) is 13.8 Å². The largest absolute Gasteiger partial charge is 0.480 e. The van der Waals surface area contributed by atoms with Crippen LogP contribution in [0.25, 0.3) is 0 Å². The molecule has 1 unspecified atom stereocenters. The number of rotatable bonds is 10. The van der Waals surface area contributed by atoms with Crippen LogP contribution in [0.15, 0.2) is 0 Å². The van der Waals surface area contributed by atoms with Crippen molar-refractivity contribution in [2.75, 3.05) is 26.8 Å². The first kappa shape index (κ1) is 17.9. The van der Waals surface area contributed by atoms with E-state index in [1.54, 1.807) is 18.9 Å². The molecule has 0 spiro atoms. The molecule has 1 atom stereocenters. The molecule has 2 N–H and O–H groups in total. The molecule has 0 aliphatic rings. The molecule has 0 aromatic heterocycles. The van der Waals surface area contributed by atoms with Crippen LogP contribution < -0.4 is 5.32 Å². The zero-order valence-electron chi connectivity index (χ0n) is 12.3. The monoisotopic (exact) mass is 274 g/mol. The molecule has 0 aromatic carbocycles. The van der Waals surface area contributed by atoms with Crippen LogP contribution in [0, 0.1) is 0 Å². The molecule has 0 fully saturated rings. The Morgan fingerprint density at radius 2 is 1.89 bits per heavy atom. The van der Waals surface area contributed by atoms with E-state index >= 15 is 0 Å². The van der Waals surface area contributed by atoms with Crippen LogP contribution in [0.4, 0.5) is 0 Å². The summed E-state index contributed by atoms with van der Waals surface area (Å²) in [5, 5.41) is 11.8. The molecule has 0 saturated carbocycles. The quantitative estimate of drug-likeness (QED) is 0.613. The van der Waals surface area contributed by atoms with E-state index in [1.165, 1.54) is 0 Å². The Bertz CT molecular complexity index is 280. The Kier molecular flexibility index (Phi) is 9.16. The summed E-state index contributed by atoms with van der Waals surface area (Å²) in [5.74, 6) is -1.08. The van der Waals surface area contributed by atoms with Gasteiger partial charge in [0.05, 0.1) is 19.2 Å². The minimum absolute atomic E-state index is 0.133. The number of amides is 1. The van der Waals surface area contributed by atoms with Crippen molar-refractivity contribution in [2.24, 2.45) is 0 Å². The van der Waals surface area contributed by atoms with Crippen molar-refractivity contribution < 1.29 is 19.4 Å². The average Bonchev–Trinajstić information content (AvgIpc) is 2.39. The van der Waals surface area contributed by atoms with Gasteiger partial charge in [-0.2, -0.15) is 0 Å². The Morgan fingerprint density at radius 1 is 1.32 bits per heavy atom. The maximum Gasteiger partial charge on any atom is 0.317 e. The van der Waals surface area contributed by atoms with Gasteiger partial charge in [-0.15, -0.1) is 0 Å². The number of aliphatic carboxylic acids is 1. The first-order chi connectivity index (χ1) is 8.96. The molecule has 0 aliphatic carbocycles. The summed E-state index contributed by atoms with van der Waals surface area (Å²) in [6.45, 7) is 6.39. The molecule has 0 heterocycles. The molecule has 0 bridgehead atoms. The number of nitrogens with one attached hydrogen (secondary N) is 1. The SMILES string of the molecule is CCC(CC)NC(=O)C(C)N(CCOC)CC(=O)O. The van der Waals surface area contributed by atoms with Gasteiger partial charge < -0.3 is 15.2 Å². The molecule has 1 amide bonds. The van der Waals surface area contributed by atoms with Crippen LogP contribution >= 0.6 is 0 Å². The lowest BCUT2D eigenvalue weighted by molar-refractivity contribution is -0.140. The number of ether oxygens (including phenoxy) is 1. The van der Waals surface area contributed by atoms with Crippen molar-refractivity contribution in [1.29, 1.82) is 0 Å². The van der Waals surface area contributed by atoms with Gasteiger partial charge in [0.15, 0.2) is 0 Å². The maximum atomic E-state index is 12.1. The lowest BCUT2D eigenvalue weighted by atomic mass is 10.1. The molecular weight excluding hydrogens is 248 g/mol. The summed E-state index contributed by atoms with van der Waals surface area (Å²) in [7, 11) is 1.55. The maximum absolute atomic E-state index is 12.1. The Labute approximate surface area is 115 Å². The third-order valence-electron chi connectivity index (χ3n) is 3.18. The lowest BCUT2D eigenvalue weighted by Crippen LogP contribution is -2.50. The number of carboxylic acid groups (broad SMARTS) is 1. The Balaban J connectivity index is 4.53. The fourth-order valence-corrected chi connectivity index (χ4v) is 1.77. The topological polar surface area (TPSA) is 78.9 Å². The second-order valence-corrected chi connectivity index (χ2v) is 4.55. The van der Waals surface area contributed by atoms with Crippen LogP contribution in [-0.4, -0.2) is 60.8 Å². The third-order valence-corrected chi connectivity index (χ3v) is 3.18. The van der Waals surface area contributed by atoms with Gasteiger partial charge >= 0.3 is 5.97 Å². The highest BCUT2D eigenvalue weighted by atomic mass is 16.5. The lowest BCUT2D eigenvalue weighted by Gasteiger charge is -2.28. The molecule has 0 radical (unpaired) electrons. The molecule has 19 heavy (non-hydrogen) atoms. The van der Waals surface area contributed by atoms with Crippen molar-refractivity contribution in [1.82, 2.24) is 10.2 Å². The summed E-state index contributed by atoms with van der Waals surface area (Å²) in [5.41, 5.74) is 0. The predicted molar refractivity (Wildman–Crippen MR) is 73.1 cm³/mol. The van der Waals surface area contributed by atoms with Gasteiger partial charge in [0.1, 0.15) is 0 Å². The second-order valence-electron chi connectivity index (χ2n) is 4.55. The van der Waals surface area contributed by atoms with Crippen molar-refractivity contribution in [3.63, 3.8) is 0 Å². The molecule has 6 heteroatoms. The highest BCUT2D eigenvalue weighted by molar-refractivity contribution is 5.82. The number of hydrogen-bond acceptors (Lipinski definition) is 4. The van der Waals surface area contributed by atoms with E-state index in [2.05, 4.69) is 5.32 Å². The zero-order valence-corrected chi connectivity index (χ0v) is 12.3. The summed E-state index contributed by atoms with van der Waals surface area (Å²) in [6, 6.07) is -0.337. The average molecular weight is 274 g/mol. The molecule has 0 aliphatic heterocycles. The molecule has 0 rings (SSSR count). The van der Waals surface area contributed by atoms with Crippen LogP contribution in [-0.2, 0) is 14.3 Å². The molecule has 0 saturated heterocycles. The normalized spacial score (nSPS) is 12.7. The van der Waals surface area contributed by atoms with E-state index in [0.29, 0.717) is 13.2 Å². The summed E-state index contributed by atoms with van der Waals surface area (Å²) < 4.78 is 4.94. The van der Waals surface area contributed by atoms with E-state index in [4.69, 9.17) is 9.84 Å². The van der Waals surface area contributed by atoms with E-state index in [-0.39, 0.29) is 18.5 Å². The van der Waals surface area contributed by atoms with E-state index in [0.717, 1.165) is 12.8 Å². The number of carbonyl (C=O) groups excluding carboxylic acids is 1. The second kappa shape index (κ2) is 9.75. The molecule has 112 valence electrons. The molecule has 0 aromatic rings. The first-order valence-electron chi connectivity index (χ1n) is 6.71. The van der Waals surface area contributed by atoms with Crippen LogP contribution in [0.5, 0.6) is 0 Å². The van der Waals surface area contributed by atoms with Crippen molar-refractivity contribution >= 4 is 11.9 Å². The minimum atomic E-state index is -0.946. The zero-order chi connectivity index (χ0) is 14.8. The number of nitrogens with zero attached hydrogens (tertiary/aromatic N) is 1. The fraction of sp³-hybridized carbons (Fsp3) is 0.846. The standard InChI is InChI=1S/C13H26N2O4/c1-5-11(6-2)14-13(18)10(3)15(7-8-19-4)9-12(16)17/h10-11H,5-9H2,1-4H3,(H,14,18)(H,16,17). The van der Waals surface area contributed by atoms with Gasteiger partial charge in [-0.05, 0) is 19.8 Å². The Hall–Kier alpha value is -1.14. The fourth-order valence-electron chi connectivity index (χ4n) is 1.77. The number of hydrogen-bond donors (Lipinski definition) is 2. The van der Waals surface area contributed by atoms with Gasteiger partial charge in [0.2, 0.25) is 5.91 Å². The summed E-state index contributed by atoms with van der Waals surface area (Å²) in [6.07, 6.45) is 1.73. The van der Waals surface area contributed by atoms with Gasteiger partial charge in [-0.25, -0.2) is 0 Å². The van der Waals surface area contributed by atoms with Crippen LogP contribution in [0.3, 0.4) is 0 Å². The number of carbonyl (C=O) groups is 2. The van der Waals surface area contributed by atoms with Gasteiger partial charge in [-0.3, -0.25) is 14.5 Å². The van der Waals surface area contributed by atoms with Crippen LogP contribution in [0.1, 0.15) is 33.6 Å². The Morgan fingerprint density at radius 3 is 2.32 bits per heavy atom. The first-order valence-corrected chi connectivity index (χ1v) is 6.71. The van der Waals surface area contributed by atoms with Gasteiger partial charge in [0.25, 0.3) is 0 Å². The predicted octanol–water partition coefficient (Wildman–Crippen LogP) is 0.713. The van der Waals surface area contributed by atoms with Crippen molar-refractivity contribution in [2.45, 2.75) is 45.7 Å². The highest BCUT2D eigenvalue weighted by Crippen LogP contribution is 2.03. The van der Waals surface area contributed by atoms with E-state index in [9.17, 15) is 9.59 Å². The smallest absolute Gasteiger partial charge is 0.317 e. The molecule has 6 nitrogen and oxygen atoms in total. The number of methoxy groups -OCH3 is 1. The summed E-state index contributed by atoms with van der Waals surface area (Å²) >= 11 is 0. The van der Waals surface area contributed by atoms with Crippen molar-refractivity contribution in [3.8, 4) is 0 Å². The third kappa shape index (κ3) is 7.12. The van der Waals surface area contributed by atoms with E-state index < -0.39 is 12.0 Å². The highest BCUT2D eigenvalue weighted by Gasteiger charge is 2.24. The number of carboxylic acids is 1. The van der Waals surface area contributed by atoms with Crippen molar-refractivity contribution in [3.05, 3.63) is 0 Å². The van der Waals surface area contributed by atoms with Crippen LogP contribution in [0.2, 0.25) is 0 Å². The van der Waals surface area contributed by atoms with E-state index in [1.807, 2.05) is 13.8 Å².